The number of hydrogen-bond acceptors (Lipinski definition) is 4. The number of carboxylic acid groups (broad SMARTS) is 1. The fraction of sp³-hybridized carbons (Fsp3) is 0.533. The van der Waals surface area contributed by atoms with Gasteiger partial charge in [-0.05, 0) is 31.4 Å². The predicted octanol–water partition coefficient (Wildman–Crippen LogP) is 1.42. The van der Waals surface area contributed by atoms with Crippen LogP contribution in [0.1, 0.15) is 20.3 Å². The molecular weight excluding hydrogens is 272 g/mol. The molecule has 2 rings (SSSR count). The molecule has 0 aliphatic carbocycles. The molecule has 1 aromatic rings. The molecular formula is C15H20N2O4. The molecule has 1 aromatic heterocycles. The van der Waals surface area contributed by atoms with Crippen molar-refractivity contribution in [3.8, 4) is 5.75 Å². The summed E-state index contributed by atoms with van der Waals surface area (Å²) in [5.41, 5.74) is 0. The predicted molar refractivity (Wildman–Crippen MR) is 75.8 cm³/mol. The molecule has 1 N–H and O–H groups in total. The SMILES string of the molecule is CC1CC(C(=O)O)CN(C(=O)C(C)Oc2cccnc2)C1. The lowest BCUT2D eigenvalue weighted by atomic mass is 9.90. The minimum Gasteiger partial charge on any atom is -0.481 e. The molecule has 1 fully saturated rings. The Hall–Kier alpha value is -2.11. The van der Waals surface area contributed by atoms with Gasteiger partial charge in [-0.15, -0.1) is 0 Å². The quantitative estimate of drug-likeness (QED) is 0.907. The summed E-state index contributed by atoms with van der Waals surface area (Å²) in [5, 5.41) is 9.15. The number of pyridine rings is 1. The maximum absolute atomic E-state index is 12.4. The van der Waals surface area contributed by atoms with E-state index in [-0.39, 0.29) is 18.4 Å². The molecule has 21 heavy (non-hydrogen) atoms. The van der Waals surface area contributed by atoms with Crippen LogP contribution in [0.3, 0.4) is 0 Å². The van der Waals surface area contributed by atoms with Crippen LogP contribution in [0.2, 0.25) is 0 Å². The van der Waals surface area contributed by atoms with Crippen molar-refractivity contribution in [1.82, 2.24) is 9.88 Å². The van der Waals surface area contributed by atoms with Gasteiger partial charge in [0.15, 0.2) is 6.10 Å². The first-order valence-corrected chi connectivity index (χ1v) is 7.05. The Balaban J connectivity index is 1.99. The number of carbonyl (C=O) groups is 2. The van der Waals surface area contributed by atoms with Gasteiger partial charge in [-0.3, -0.25) is 14.6 Å². The highest BCUT2D eigenvalue weighted by molar-refractivity contribution is 5.82. The van der Waals surface area contributed by atoms with E-state index in [2.05, 4.69) is 4.98 Å². The van der Waals surface area contributed by atoms with E-state index in [1.165, 1.54) is 0 Å². The zero-order valence-electron chi connectivity index (χ0n) is 12.2. The third-order valence-corrected chi connectivity index (χ3v) is 3.62. The molecule has 3 unspecified atom stereocenters. The van der Waals surface area contributed by atoms with Crippen LogP contribution in [-0.2, 0) is 9.59 Å². The zero-order chi connectivity index (χ0) is 15.4. The fourth-order valence-corrected chi connectivity index (χ4v) is 2.64. The van der Waals surface area contributed by atoms with Gasteiger partial charge in [0.1, 0.15) is 5.75 Å². The number of hydrogen-bond donors (Lipinski definition) is 1. The normalized spacial score (nSPS) is 23.4. The molecule has 0 bridgehead atoms. The van der Waals surface area contributed by atoms with Gasteiger partial charge in [-0.25, -0.2) is 0 Å². The highest BCUT2D eigenvalue weighted by Crippen LogP contribution is 2.23. The summed E-state index contributed by atoms with van der Waals surface area (Å²) in [6.45, 7) is 4.45. The van der Waals surface area contributed by atoms with Crippen molar-refractivity contribution in [2.24, 2.45) is 11.8 Å². The Kier molecular flexibility index (Phi) is 4.77. The van der Waals surface area contributed by atoms with E-state index >= 15 is 0 Å². The molecule has 0 aromatic carbocycles. The molecule has 2 heterocycles. The van der Waals surface area contributed by atoms with Crippen molar-refractivity contribution in [3.05, 3.63) is 24.5 Å². The summed E-state index contributed by atoms with van der Waals surface area (Å²) >= 11 is 0. The highest BCUT2D eigenvalue weighted by atomic mass is 16.5. The molecule has 0 saturated carbocycles. The summed E-state index contributed by atoms with van der Waals surface area (Å²) < 4.78 is 5.56. The lowest BCUT2D eigenvalue weighted by molar-refractivity contribution is -0.149. The molecule has 0 radical (unpaired) electrons. The van der Waals surface area contributed by atoms with Gasteiger partial charge in [0.05, 0.1) is 12.1 Å². The summed E-state index contributed by atoms with van der Waals surface area (Å²) in [4.78, 5) is 29.1. The average molecular weight is 292 g/mol. The van der Waals surface area contributed by atoms with Gasteiger partial charge >= 0.3 is 5.97 Å². The van der Waals surface area contributed by atoms with Crippen molar-refractivity contribution in [2.45, 2.75) is 26.4 Å². The minimum absolute atomic E-state index is 0.175. The molecule has 114 valence electrons. The summed E-state index contributed by atoms with van der Waals surface area (Å²) in [6, 6.07) is 3.46. The number of likely N-dealkylation sites (tertiary alicyclic amines) is 1. The monoisotopic (exact) mass is 292 g/mol. The lowest BCUT2D eigenvalue weighted by Gasteiger charge is -2.35. The van der Waals surface area contributed by atoms with Crippen LogP contribution in [0, 0.1) is 11.8 Å². The number of carbonyl (C=O) groups excluding carboxylic acids is 1. The van der Waals surface area contributed by atoms with Crippen molar-refractivity contribution < 1.29 is 19.4 Å². The Morgan fingerprint density at radius 3 is 2.86 bits per heavy atom. The second-order valence-electron chi connectivity index (χ2n) is 5.57. The Bertz CT molecular complexity index is 506. The van der Waals surface area contributed by atoms with E-state index in [1.807, 2.05) is 6.92 Å². The number of rotatable bonds is 4. The molecule has 1 saturated heterocycles. The average Bonchev–Trinajstić information content (AvgIpc) is 2.46. The summed E-state index contributed by atoms with van der Waals surface area (Å²) in [5.74, 6) is -0.826. The van der Waals surface area contributed by atoms with Crippen LogP contribution in [0.5, 0.6) is 5.75 Å². The van der Waals surface area contributed by atoms with Crippen molar-refractivity contribution in [2.75, 3.05) is 13.1 Å². The second-order valence-corrected chi connectivity index (χ2v) is 5.57. The van der Waals surface area contributed by atoms with Crippen LogP contribution in [-0.4, -0.2) is 46.1 Å². The standard InChI is InChI=1S/C15H20N2O4/c1-10-6-12(15(19)20)9-17(8-10)14(18)11(2)21-13-4-3-5-16-7-13/h3-5,7,10-12H,6,8-9H2,1-2H3,(H,19,20). The molecule has 1 amide bonds. The maximum Gasteiger partial charge on any atom is 0.308 e. The van der Waals surface area contributed by atoms with E-state index in [0.717, 1.165) is 0 Å². The first-order chi connectivity index (χ1) is 9.97. The second kappa shape index (κ2) is 6.56. The van der Waals surface area contributed by atoms with Crippen molar-refractivity contribution in [1.29, 1.82) is 0 Å². The molecule has 6 nitrogen and oxygen atoms in total. The van der Waals surface area contributed by atoms with Gasteiger partial charge in [-0.2, -0.15) is 0 Å². The van der Waals surface area contributed by atoms with Crippen molar-refractivity contribution in [3.63, 3.8) is 0 Å². The first kappa shape index (κ1) is 15.3. The third-order valence-electron chi connectivity index (χ3n) is 3.62. The Morgan fingerprint density at radius 1 is 1.48 bits per heavy atom. The van der Waals surface area contributed by atoms with Crippen LogP contribution in [0.15, 0.2) is 24.5 Å². The van der Waals surface area contributed by atoms with E-state index < -0.39 is 18.0 Å². The largest absolute Gasteiger partial charge is 0.481 e. The highest BCUT2D eigenvalue weighted by Gasteiger charge is 2.34. The van der Waals surface area contributed by atoms with Crippen molar-refractivity contribution >= 4 is 11.9 Å². The smallest absolute Gasteiger partial charge is 0.308 e. The number of ether oxygens (including phenoxy) is 1. The van der Waals surface area contributed by atoms with Gasteiger partial charge in [-0.1, -0.05) is 6.92 Å². The number of carboxylic acids is 1. The number of piperidine rings is 1. The number of amides is 1. The van der Waals surface area contributed by atoms with E-state index in [1.54, 1.807) is 36.4 Å². The van der Waals surface area contributed by atoms with Crippen LogP contribution < -0.4 is 4.74 Å². The van der Waals surface area contributed by atoms with E-state index in [4.69, 9.17) is 9.84 Å². The molecule has 3 atom stereocenters. The minimum atomic E-state index is -0.847. The molecule has 1 aliphatic heterocycles. The molecule has 1 aliphatic rings. The number of nitrogens with zero attached hydrogens (tertiary/aromatic N) is 2. The fourth-order valence-electron chi connectivity index (χ4n) is 2.64. The van der Waals surface area contributed by atoms with E-state index in [0.29, 0.717) is 18.7 Å². The Morgan fingerprint density at radius 2 is 2.24 bits per heavy atom. The zero-order valence-corrected chi connectivity index (χ0v) is 12.2. The van der Waals surface area contributed by atoms with Crippen LogP contribution >= 0.6 is 0 Å². The van der Waals surface area contributed by atoms with Crippen LogP contribution in [0.25, 0.3) is 0 Å². The summed E-state index contributed by atoms with van der Waals surface area (Å²) in [7, 11) is 0. The van der Waals surface area contributed by atoms with Gasteiger partial charge < -0.3 is 14.7 Å². The van der Waals surface area contributed by atoms with Gasteiger partial charge in [0.2, 0.25) is 0 Å². The van der Waals surface area contributed by atoms with E-state index in [9.17, 15) is 9.59 Å². The Labute approximate surface area is 123 Å². The maximum atomic E-state index is 12.4. The number of aliphatic carboxylic acids is 1. The third kappa shape index (κ3) is 3.93. The first-order valence-electron chi connectivity index (χ1n) is 7.05. The number of aromatic nitrogens is 1. The summed E-state index contributed by atoms with van der Waals surface area (Å²) in [6.07, 6.45) is 3.12. The molecule has 6 heteroatoms. The van der Waals surface area contributed by atoms with Crippen LogP contribution in [0.4, 0.5) is 0 Å². The van der Waals surface area contributed by atoms with Gasteiger partial charge in [0, 0.05) is 19.3 Å². The topological polar surface area (TPSA) is 79.7 Å². The molecule has 0 spiro atoms. The van der Waals surface area contributed by atoms with Gasteiger partial charge in [0.25, 0.3) is 5.91 Å². The lowest BCUT2D eigenvalue weighted by Crippen LogP contribution is -2.49.